The molecule has 0 saturated heterocycles. The molecule has 0 saturated carbocycles. The van der Waals surface area contributed by atoms with Gasteiger partial charge in [0, 0.05) is 29.5 Å². The summed E-state index contributed by atoms with van der Waals surface area (Å²) in [6, 6.07) is 21.8. The van der Waals surface area contributed by atoms with E-state index in [1.165, 1.54) is 22.5 Å². The van der Waals surface area contributed by atoms with E-state index >= 15 is 0 Å². The summed E-state index contributed by atoms with van der Waals surface area (Å²) in [5.74, 6) is 0.694. The van der Waals surface area contributed by atoms with Crippen LogP contribution in [0.4, 0.5) is 0 Å². The maximum absolute atomic E-state index is 11.5. The van der Waals surface area contributed by atoms with Crippen molar-refractivity contribution in [1.29, 1.82) is 0 Å². The number of nitrogens with two attached hydrogens (primary N) is 1. The maximum atomic E-state index is 11.5. The Balaban J connectivity index is 0.000000739. The molecule has 2 N–H and O–H groups in total. The Morgan fingerprint density at radius 2 is 1.24 bits per heavy atom. The number of primary sulfonamides is 1. The van der Waals surface area contributed by atoms with Crippen molar-refractivity contribution in [3.05, 3.63) is 83.7 Å². The van der Waals surface area contributed by atoms with Crippen LogP contribution >= 0.6 is 0 Å². The van der Waals surface area contributed by atoms with Gasteiger partial charge in [0.15, 0.2) is 17.9 Å². The van der Waals surface area contributed by atoms with Crippen molar-refractivity contribution in [3.63, 3.8) is 0 Å². The second kappa shape index (κ2) is 11.4. The number of benzene rings is 2. The minimum atomic E-state index is -4.94. The molecule has 34 heavy (non-hydrogen) atoms. The van der Waals surface area contributed by atoms with Crippen LogP contribution in [0.5, 0.6) is 0 Å². The molecule has 0 fully saturated rings. The van der Waals surface area contributed by atoms with Crippen molar-refractivity contribution in [3.8, 4) is 11.1 Å². The topological polar surface area (TPSA) is 156 Å². The first-order valence-electron chi connectivity index (χ1n) is 10.5. The van der Waals surface area contributed by atoms with Gasteiger partial charge >= 0.3 is 0 Å². The molecular formula is C24H29ClN2O6S. The van der Waals surface area contributed by atoms with Gasteiger partial charge in [-0.3, -0.25) is 0 Å². The molecule has 0 spiro atoms. The Bertz CT molecular complexity index is 1160. The first kappa shape index (κ1) is 27.9. The molecule has 0 atom stereocenters. The van der Waals surface area contributed by atoms with Gasteiger partial charge in [-0.15, -0.1) is 10.2 Å². The van der Waals surface area contributed by atoms with Crippen LogP contribution in [0.1, 0.15) is 56.5 Å². The predicted octanol–water partition coefficient (Wildman–Crippen LogP) is -0.172. The predicted molar refractivity (Wildman–Crippen MR) is 117 cm³/mol. The number of hydrogen-bond acceptors (Lipinski definition) is 6. The van der Waals surface area contributed by atoms with Crippen LogP contribution in [-0.4, -0.2) is 8.42 Å². The van der Waals surface area contributed by atoms with E-state index in [0.717, 1.165) is 5.56 Å². The van der Waals surface area contributed by atoms with Crippen molar-refractivity contribution >= 4 is 10.0 Å². The van der Waals surface area contributed by atoms with Gasteiger partial charge in [-0.05, 0) is 23.3 Å². The summed E-state index contributed by atoms with van der Waals surface area (Å²) in [6.45, 7) is 9.49. The van der Waals surface area contributed by atoms with E-state index in [4.69, 9.17) is 23.8 Å². The van der Waals surface area contributed by atoms with Crippen LogP contribution in [0.3, 0.4) is 0 Å². The smallest absolute Gasteiger partial charge is 0.225 e. The maximum Gasteiger partial charge on any atom is 0.238 e. The third-order valence-electron chi connectivity index (χ3n) is 5.11. The third-order valence-corrected chi connectivity index (χ3v) is 6.04. The number of rotatable bonds is 6. The molecule has 10 heteroatoms. The lowest BCUT2D eigenvalue weighted by Crippen LogP contribution is -2.68. The second-order valence-corrected chi connectivity index (χ2v) is 10.7. The molecule has 0 unspecified atom stereocenters. The molecular weight excluding hydrogens is 480 g/mol. The zero-order valence-electron chi connectivity index (χ0n) is 19.5. The van der Waals surface area contributed by atoms with Crippen molar-refractivity contribution in [1.82, 2.24) is 0 Å². The van der Waals surface area contributed by atoms with Crippen LogP contribution < -0.4 is 28.3 Å². The highest BCUT2D eigenvalue weighted by Crippen LogP contribution is 2.26. The minimum absolute atomic E-state index is 0.138. The van der Waals surface area contributed by atoms with Gasteiger partial charge in [-0.25, -0.2) is 32.2 Å². The van der Waals surface area contributed by atoms with Gasteiger partial charge in [0.05, 0.1) is 4.90 Å². The molecule has 3 rings (SSSR count). The molecule has 1 aromatic heterocycles. The van der Waals surface area contributed by atoms with Gasteiger partial charge in [0.1, 0.15) is 0 Å². The zero-order chi connectivity index (χ0) is 25.7. The Labute approximate surface area is 202 Å². The fraction of sp³-hybridized carbons (Fsp3) is 0.292. The van der Waals surface area contributed by atoms with Crippen molar-refractivity contribution in [2.75, 3.05) is 0 Å². The number of sulfonamides is 1. The standard InChI is InChI=1S/C24H29N2O2S.ClHO4/c1-17(2)23-14-21(20-8-6-5-7-9-20)15-24(18(3)4)26(23)16-19-10-12-22(13-11-19)29(25,27)28;2-1(3,4)5/h5-15,17-18H,16H2,1-4H3,(H2,25,27,28);(H,2,3,4,5)/q+1;/p-1. The fourth-order valence-corrected chi connectivity index (χ4v) is 4.08. The highest BCUT2D eigenvalue weighted by molar-refractivity contribution is 7.89. The molecule has 0 bridgehead atoms. The molecule has 3 aromatic rings. The zero-order valence-corrected chi connectivity index (χ0v) is 21.0. The molecule has 0 aliphatic rings. The first-order chi connectivity index (χ1) is 15.7. The Hall–Kier alpha value is -2.37. The molecule has 0 aliphatic heterocycles. The van der Waals surface area contributed by atoms with Gasteiger partial charge in [0.2, 0.25) is 10.0 Å². The highest BCUT2D eigenvalue weighted by atomic mass is 35.7. The van der Waals surface area contributed by atoms with Gasteiger partial charge in [-0.1, -0.05) is 70.2 Å². The Morgan fingerprint density at radius 3 is 1.62 bits per heavy atom. The molecule has 1 heterocycles. The van der Waals surface area contributed by atoms with Gasteiger partial charge in [-0.2, -0.15) is 4.57 Å². The number of hydrogen-bond donors (Lipinski definition) is 1. The van der Waals surface area contributed by atoms with E-state index in [0.29, 0.717) is 18.4 Å². The summed E-state index contributed by atoms with van der Waals surface area (Å²) < 4.78 is 59.4. The van der Waals surface area contributed by atoms with Crippen molar-refractivity contribution in [2.24, 2.45) is 5.14 Å². The Morgan fingerprint density at radius 1 is 0.794 bits per heavy atom. The summed E-state index contributed by atoms with van der Waals surface area (Å²) in [6.07, 6.45) is 0. The summed E-state index contributed by atoms with van der Waals surface area (Å²) in [5.41, 5.74) is 5.98. The molecule has 2 aromatic carbocycles. The summed E-state index contributed by atoms with van der Waals surface area (Å²) in [7, 11) is -8.62. The van der Waals surface area contributed by atoms with Gasteiger partial charge < -0.3 is 0 Å². The fourth-order valence-electron chi connectivity index (χ4n) is 3.57. The Kier molecular flexibility index (Phi) is 9.32. The van der Waals surface area contributed by atoms with Crippen LogP contribution in [-0.2, 0) is 16.6 Å². The molecule has 184 valence electrons. The largest absolute Gasteiger partial charge is 0.238 e. The monoisotopic (exact) mass is 508 g/mol. The molecule has 8 nitrogen and oxygen atoms in total. The van der Waals surface area contributed by atoms with E-state index in [9.17, 15) is 8.42 Å². The van der Waals surface area contributed by atoms with Crippen LogP contribution in [0.15, 0.2) is 71.6 Å². The van der Waals surface area contributed by atoms with E-state index in [1.54, 1.807) is 12.1 Å². The lowest BCUT2D eigenvalue weighted by molar-refractivity contribution is -2.00. The number of halogens is 1. The third kappa shape index (κ3) is 8.44. The van der Waals surface area contributed by atoms with Crippen LogP contribution in [0, 0.1) is 10.2 Å². The SMILES string of the molecule is CC(C)c1cc(-c2ccccc2)cc(C(C)C)[n+]1Cc1ccc(S(N)(=O)=O)cc1.[O-][Cl+3]([O-])([O-])[O-]. The average molecular weight is 509 g/mol. The number of nitrogens with zero attached hydrogens (tertiary/aromatic N) is 1. The average Bonchev–Trinajstić information content (AvgIpc) is 2.72. The van der Waals surface area contributed by atoms with E-state index < -0.39 is 20.3 Å². The normalized spacial score (nSPS) is 12.0. The highest BCUT2D eigenvalue weighted by Gasteiger charge is 2.24. The van der Waals surface area contributed by atoms with Crippen LogP contribution in [0.2, 0.25) is 0 Å². The first-order valence-corrected chi connectivity index (χ1v) is 13.3. The molecule has 0 radical (unpaired) electrons. The quantitative estimate of drug-likeness (QED) is 0.455. The molecule has 0 amide bonds. The van der Waals surface area contributed by atoms with E-state index in [-0.39, 0.29) is 4.90 Å². The number of pyridine rings is 1. The van der Waals surface area contributed by atoms with Crippen molar-refractivity contribution in [2.45, 2.75) is 51.0 Å². The lowest BCUT2D eigenvalue weighted by Gasteiger charge is -2.17. The summed E-state index contributed by atoms with van der Waals surface area (Å²) in [5, 5.41) is 5.23. The van der Waals surface area contributed by atoms with Crippen LogP contribution in [0.25, 0.3) is 11.1 Å². The second-order valence-electron chi connectivity index (χ2n) is 8.42. The van der Waals surface area contributed by atoms with E-state index in [2.05, 4.69) is 68.7 Å². The summed E-state index contributed by atoms with van der Waals surface area (Å²) in [4.78, 5) is 0.138. The lowest BCUT2D eigenvalue weighted by atomic mass is 9.96. The van der Waals surface area contributed by atoms with E-state index in [1.807, 2.05) is 18.2 Å². The minimum Gasteiger partial charge on any atom is -0.225 e. The van der Waals surface area contributed by atoms with Gasteiger partial charge in [0.25, 0.3) is 0 Å². The summed E-state index contributed by atoms with van der Waals surface area (Å²) >= 11 is 0. The number of aromatic nitrogens is 1. The molecule has 0 aliphatic carbocycles. The van der Waals surface area contributed by atoms with Crippen molar-refractivity contribution < 1.29 is 41.9 Å².